The molecule has 0 bridgehead atoms. The molecule has 94 valence electrons. The summed E-state index contributed by atoms with van der Waals surface area (Å²) >= 11 is 0. The van der Waals surface area contributed by atoms with Crippen LogP contribution in [0.2, 0.25) is 0 Å². The summed E-state index contributed by atoms with van der Waals surface area (Å²) in [5, 5.41) is 7.22. The number of hydrogen-bond donors (Lipinski definition) is 2. The fourth-order valence-corrected chi connectivity index (χ4v) is 3.31. The van der Waals surface area contributed by atoms with E-state index in [1.54, 1.807) is 0 Å². The molecule has 2 heteroatoms. The van der Waals surface area contributed by atoms with Gasteiger partial charge in [-0.3, -0.25) is 0 Å². The van der Waals surface area contributed by atoms with E-state index < -0.39 is 0 Å². The van der Waals surface area contributed by atoms with E-state index in [9.17, 15) is 0 Å². The van der Waals surface area contributed by atoms with Gasteiger partial charge in [0.25, 0.3) is 0 Å². The monoisotopic (exact) mass is 224 g/mol. The number of rotatable bonds is 5. The van der Waals surface area contributed by atoms with Gasteiger partial charge in [0.1, 0.15) is 0 Å². The summed E-state index contributed by atoms with van der Waals surface area (Å²) in [5.41, 5.74) is 0.598. The second kappa shape index (κ2) is 6.02. The van der Waals surface area contributed by atoms with Crippen molar-refractivity contribution in [3.63, 3.8) is 0 Å². The summed E-state index contributed by atoms with van der Waals surface area (Å²) in [6, 6.07) is 0.817. The van der Waals surface area contributed by atoms with Gasteiger partial charge >= 0.3 is 0 Å². The first-order valence-electron chi connectivity index (χ1n) is 7.23. The van der Waals surface area contributed by atoms with Gasteiger partial charge in [0.2, 0.25) is 0 Å². The van der Waals surface area contributed by atoms with Crippen molar-refractivity contribution in [2.45, 2.75) is 63.8 Å². The summed E-state index contributed by atoms with van der Waals surface area (Å²) in [5.74, 6) is 0. The first-order chi connectivity index (χ1) is 7.85. The van der Waals surface area contributed by atoms with Crippen LogP contribution in [0.1, 0.15) is 57.8 Å². The highest BCUT2D eigenvalue weighted by atomic mass is 15.0. The Hall–Kier alpha value is -0.0800. The minimum Gasteiger partial charge on any atom is -0.319 e. The fraction of sp³-hybridized carbons (Fsp3) is 1.00. The number of nitrogens with one attached hydrogen (secondary N) is 2. The maximum absolute atomic E-state index is 3.85. The normalized spacial score (nSPS) is 26.1. The van der Waals surface area contributed by atoms with Gasteiger partial charge in [0, 0.05) is 19.1 Å². The molecular formula is C14H28N2. The molecule has 16 heavy (non-hydrogen) atoms. The quantitative estimate of drug-likeness (QED) is 0.702. The van der Waals surface area contributed by atoms with Crippen molar-refractivity contribution in [3.05, 3.63) is 0 Å². The first-order valence-corrected chi connectivity index (χ1v) is 7.23. The maximum atomic E-state index is 3.85. The van der Waals surface area contributed by atoms with Crippen molar-refractivity contribution >= 4 is 0 Å². The van der Waals surface area contributed by atoms with Crippen molar-refractivity contribution in [3.8, 4) is 0 Å². The lowest BCUT2D eigenvalue weighted by molar-refractivity contribution is 0.124. The summed E-state index contributed by atoms with van der Waals surface area (Å²) in [6.45, 7) is 2.45. The van der Waals surface area contributed by atoms with Gasteiger partial charge in [-0.25, -0.2) is 0 Å². The average Bonchev–Trinajstić information content (AvgIpc) is 2.50. The summed E-state index contributed by atoms with van der Waals surface area (Å²) in [4.78, 5) is 0. The SMILES string of the molecule is CNCC1(CNC2CCCCCC2)CCC1. The molecule has 0 aromatic carbocycles. The zero-order chi connectivity index (χ0) is 11.3. The molecule has 2 nitrogen and oxygen atoms in total. The van der Waals surface area contributed by atoms with E-state index in [1.807, 2.05) is 0 Å². The summed E-state index contributed by atoms with van der Waals surface area (Å²) in [7, 11) is 2.09. The predicted molar refractivity (Wildman–Crippen MR) is 69.7 cm³/mol. The Morgan fingerprint density at radius 3 is 2.12 bits per heavy atom. The second-order valence-electron chi connectivity index (χ2n) is 5.95. The van der Waals surface area contributed by atoms with E-state index in [1.165, 1.54) is 70.9 Å². The molecule has 0 atom stereocenters. The lowest BCUT2D eigenvalue weighted by Gasteiger charge is -2.43. The molecule has 2 aliphatic rings. The van der Waals surface area contributed by atoms with Crippen LogP contribution in [-0.2, 0) is 0 Å². The van der Waals surface area contributed by atoms with Gasteiger partial charge < -0.3 is 10.6 Å². The zero-order valence-corrected chi connectivity index (χ0v) is 10.9. The molecule has 0 aliphatic heterocycles. The smallest absolute Gasteiger partial charge is 0.00673 e. The molecule has 0 unspecified atom stereocenters. The Morgan fingerprint density at radius 1 is 0.938 bits per heavy atom. The van der Waals surface area contributed by atoms with Gasteiger partial charge in [-0.05, 0) is 38.1 Å². The van der Waals surface area contributed by atoms with Gasteiger partial charge in [0.15, 0.2) is 0 Å². The molecule has 0 saturated heterocycles. The summed E-state index contributed by atoms with van der Waals surface area (Å²) in [6.07, 6.45) is 12.9. The van der Waals surface area contributed by atoms with E-state index in [4.69, 9.17) is 0 Å². The van der Waals surface area contributed by atoms with E-state index in [0.717, 1.165) is 6.04 Å². The highest BCUT2D eigenvalue weighted by Gasteiger charge is 2.36. The molecule has 2 N–H and O–H groups in total. The van der Waals surface area contributed by atoms with E-state index >= 15 is 0 Å². The van der Waals surface area contributed by atoms with Gasteiger partial charge in [0.05, 0.1) is 0 Å². The molecule has 0 amide bonds. The van der Waals surface area contributed by atoms with Crippen LogP contribution in [0, 0.1) is 5.41 Å². The first kappa shape index (κ1) is 12.4. The molecular weight excluding hydrogens is 196 g/mol. The van der Waals surface area contributed by atoms with Crippen molar-refractivity contribution in [1.29, 1.82) is 0 Å². The lowest BCUT2D eigenvalue weighted by atomic mass is 9.68. The molecule has 0 heterocycles. The standard InChI is InChI=1S/C14H28N2/c1-15-11-14(9-6-10-14)12-16-13-7-4-2-3-5-8-13/h13,15-16H,2-12H2,1H3. The molecule has 0 aromatic rings. The average molecular weight is 224 g/mol. The number of hydrogen-bond acceptors (Lipinski definition) is 2. The minimum absolute atomic E-state index is 0.598. The van der Waals surface area contributed by atoms with Crippen molar-refractivity contribution in [2.24, 2.45) is 5.41 Å². The fourth-order valence-electron chi connectivity index (χ4n) is 3.31. The van der Waals surface area contributed by atoms with Crippen LogP contribution in [-0.4, -0.2) is 26.2 Å². The molecule has 2 aliphatic carbocycles. The van der Waals surface area contributed by atoms with E-state index in [-0.39, 0.29) is 0 Å². The van der Waals surface area contributed by atoms with Crippen molar-refractivity contribution in [2.75, 3.05) is 20.1 Å². The lowest BCUT2D eigenvalue weighted by Crippen LogP contribution is -2.48. The van der Waals surface area contributed by atoms with Crippen LogP contribution >= 0.6 is 0 Å². The van der Waals surface area contributed by atoms with Crippen LogP contribution in [0.5, 0.6) is 0 Å². The third-order valence-corrected chi connectivity index (χ3v) is 4.59. The molecule has 0 radical (unpaired) electrons. The largest absolute Gasteiger partial charge is 0.319 e. The topological polar surface area (TPSA) is 24.1 Å². The highest BCUT2D eigenvalue weighted by Crippen LogP contribution is 2.39. The molecule has 2 rings (SSSR count). The Labute approximate surface area is 101 Å². The molecule has 2 saturated carbocycles. The second-order valence-corrected chi connectivity index (χ2v) is 5.95. The Bertz CT molecular complexity index is 191. The predicted octanol–water partition coefficient (Wildman–Crippen LogP) is 2.69. The van der Waals surface area contributed by atoms with Gasteiger partial charge in [-0.15, -0.1) is 0 Å². The Morgan fingerprint density at radius 2 is 1.62 bits per heavy atom. The van der Waals surface area contributed by atoms with E-state index in [0.29, 0.717) is 5.41 Å². The maximum Gasteiger partial charge on any atom is 0.00673 e. The Kier molecular flexibility index (Phi) is 4.66. The molecule has 0 aromatic heterocycles. The molecule has 0 spiro atoms. The van der Waals surface area contributed by atoms with Gasteiger partial charge in [-0.1, -0.05) is 32.1 Å². The van der Waals surface area contributed by atoms with Crippen LogP contribution in [0.25, 0.3) is 0 Å². The third kappa shape index (κ3) is 3.21. The molecule has 2 fully saturated rings. The van der Waals surface area contributed by atoms with Crippen LogP contribution in [0.3, 0.4) is 0 Å². The van der Waals surface area contributed by atoms with Crippen LogP contribution < -0.4 is 10.6 Å². The summed E-state index contributed by atoms with van der Waals surface area (Å²) < 4.78 is 0. The van der Waals surface area contributed by atoms with Crippen molar-refractivity contribution < 1.29 is 0 Å². The highest BCUT2D eigenvalue weighted by molar-refractivity contribution is 4.92. The van der Waals surface area contributed by atoms with Crippen molar-refractivity contribution in [1.82, 2.24) is 10.6 Å². The van der Waals surface area contributed by atoms with Crippen LogP contribution in [0.15, 0.2) is 0 Å². The van der Waals surface area contributed by atoms with E-state index in [2.05, 4.69) is 17.7 Å². The third-order valence-electron chi connectivity index (χ3n) is 4.59. The van der Waals surface area contributed by atoms with Crippen LogP contribution in [0.4, 0.5) is 0 Å². The van der Waals surface area contributed by atoms with Gasteiger partial charge in [-0.2, -0.15) is 0 Å². The zero-order valence-electron chi connectivity index (χ0n) is 10.9. The minimum atomic E-state index is 0.598. The Balaban J connectivity index is 1.72.